The number of hydrogen-bond donors (Lipinski definition) is 1. The van der Waals surface area contributed by atoms with E-state index in [2.05, 4.69) is 10.3 Å². The van der Waals surface area contributed by atoms with Crippen molar-refractivity contribution in [3.8, 4) is 5.75 Å². The molecule has 0 aliphatic rings. The van der Waals surface area contributed by atoms with Crippen molar-refractivity contribution in [1.82, 2.24) is 14.5 Å². The first-order valence-electron chi connectivity index (χ1n) is 9.56. The molecule has 0 heterocycles. The maximum absolute atomic E-state index is 12.3. The monoisotopic (exact) mass is 526 g/mol. The van der Waals surface area contributed by atoms with E-state index in [9.17, 15) is 8.42 Å². The number of aliphatic imine (C=N–C) groups is 1. The summed E-state index contributed by atoms with van der Waals surface area (Å²) in [5.74, 6) is 1.56. The van der Waals surface area contributed by atoms with Crippen molar-refractivity contribution in [2.45, 2.75) is 34.2 Å². The fourth-order valence-electron chi connectivity index (χ4n) is 2.69. The first-order chi connectivity index (χ1) is 12.9. The molecule has 28 heavy (non-hydrogen) atoms. The molecule has 1 aromatic rings. The Labute approximate surface area is 187 Å². The molecule has 1 rings (SSSR count). The Balaban J connectivity index is 0.00000729. The quantitative estimate of drug-likeness (QED) is 0.273. The van der Waals surface area contributed by atoms with Crippen molar-refractivity contribution in [3.63, 3.8) is 0 Å². The zero-order valence-electron chi connectivity index (χ0n) is 17.6. The molecule has 0 fully saturated rings. The molecule has 1 aromatic carbocycles. The lowest BCUT2D eigenvalue weighted by Gasteiger charge is -2.23. The van der Waals surface area contributed by atoms with Crippen molar-refractivity contribution >= 4 is 40.0 Å². The summed E-state index contributed by atoms with van der Waals surface area (Å²) in [7, 11) is -1.32. The van der Waals surface area contributed by atoms with Crippen LogP contribution in [0.4, 0.5) is 0 Å². The number of nitrogens with zero attached hydrogens (tertiary/aromatic N) is 3. The van der Waals surface area contributed by atoms with Crippen LogP contribution in [0.2, 0.25) is 0 Å². The highest BCUT2D eigenvalue weighted by atomic mass is 127. The van der Waals surface area contributed by atoms with E-state index in [1.807, 2.05) is 63.9 Å². The van der Waals surface area contributed by atoms with Gasteiger partial charge in [0.15, 0.2) is 5.96 Å². The number of hydrogen-bond acceptors (Lipinski definition) is 4. The molecular weight excluding hydrogens is 491 g/mol. The number of guanidine groups is 1. The summed E-state index contributed by atoms with van der Waals surface area (Å²) in [6.45, 7) is 10.9. The standard InChI is InChI=1S/C19H34N4O3S.HI/c1-6-20-19(21-14-15-27(24,25)23(7-2)8-3)22(5)16-17-10-12-18(13-11-17)26-9-4;/h10-13H,6-9,14-16H2,1-5H3,(H,20,21);1H. The average Bonchev–Trinajstić information content (AvgIpc) is 2.63. The molecule has 0 amide bonds. The Morgan fingerprint density at radius 3 is 2.21 bits per heavy atom. The van der Waals surface area contributed by atoms with Crippen LogP contribution in [0.25, 0.3) is 0 Å². The molecule has 0 unspecified atom stereocenters. The molecule has 0 spiro atoms. The van der Waals surface area contributed by atoms with Gasteiger partial charge < -0.3 is 15.0 Å². The molecule has 0 atom stereocenters. The molecule has 9 heteroatoms. The number of rotatable bonds is 11. The highest BCUT2D eigenvalue weighted by Crippen LogP contribution is 2.13. The Hall–Kier alpha value is -1.07. The normalized spacial score (nSPS) is 11.9. The molecule has 1 N–H and O–H groups in total. The van der Waals surface area contributed by atoms with E-state index in [1.165, 1.54) is 4.31 Å². The van der Waals surface area contributed by atoms with Crippen LogP contribution in [0.1, 0.15) is 33.3 Å². The molecule has 0 saturated carbocycles. The van der Waals surface area contributed by atoms with Gasteiger partial charge in [0, 0.05) is 33.2 Å². The average molecular weight is 526 g/mol. The maximum atomic E-state index is 12.3. The van der Waals surface area contributed by atoms with Gasteiger partial charge in [0.05, 0.1) is 18.9 Å². The summed E-state index contributed by atoms with van der Waals surface area (Å²) in [6.07, 6.45) is 0. The third kappa shape index (κ3) is 8.95. The topological polar surface area (TPSA) is 74.2 Å². The molecule has 0 aliphatic carbocycles. The van der Waals surface area contributed by atoms with E-state index in [0.29, 0.717) is 32.2 Å². The fourth-order valence-corrected chi connectivity index (χ4v) is 4.06. The molecular formula is C19H35IN4O3S. The van der Waals surface area contributed by atoms with Crippen LogP contribution in [0, 0.1) is 0 Å². The predicted octanol–water partition coefficient (Wildman–Crippen LogP) is 2.77. The predicted molar refractivity (Wildman–Crippen MR) is 127 cm³/mol. The van der Waals surface area contributed by atoms with Crippen molar-refractivity contribution in [3.05, 3.63) is 29.8 Å². The van der Waals surface area contributed by atoms with E-state index in [0.717, 1.165) is 17.9 Å². The highest BCUT2D eigenvalue weighted by molar-refractivity contribution is 14.0. The summed E-state index contributed by atoms with van der Waals surface area (Å²) in [5.41, 5.74) is 1.13. The summed E-state index contributed by atoms with van der Waals surface area (Å²) in [5, 5.41) is 3.22. The molecule has 0 aromatic heterocycles. The lowest BCUT2D eigenvalue weighted by molar-refractivity contribution is 0.340. The van der Waals surface area contributed by atoms with E-state index in [-0.39, 0.29) is 36.3 Å². The van der Waals surface area contributed by atoms with Crippen LogP contribution >= 0.6 is 24.0 Å². The number of sulfonamides is 1. The van der Waals surface area contributed by atoms with Crippen molar-refractivity contribution in [2.24, 2.45) is 4.99 Å². The third-order valence-corrected chi connectivity index (χ3v) is 6.06. The van der Waals surface area contributed by atoms with Gasteiger partial charge in [-0.3, -0.25) is 4.99 Å². The minimum atomic E-state index is -3.26. The van der Waals surface area contributed by atoms with Gasteiger partial charge >= 0.3 is 0 Å². The van der Waals surface area contributed by atoms with Crippen LogP contribution < -0.4 is 10.1 Å². The van der Waals surface area contributed by atoms with Crippen LogP contribution in [0.15, 0.2) is 29.3 Å². The van der Waals surface area contributed by atoms with Gasteiger partial charge in [0.1, 0.15) is 5.75 Å². The summed E-state index contributed by atoms with van der Waals surface area (Å²) < 4.78 is 31.5. The highest BCUT2D eigenvalue weighted by Gasteiger charge is 2.18. The summed E-state index contributed by atoms with van der Waals surface area (Å²) in [6, 6.07) is 7.95. The van der Waals surface area contributed by atoms with E-state index in [1.54, 1.807) is 0 Å². The Bertz CT molecular complexity index is 677. The second-order valence-electron chi connectivity index (χ2n) is 6.07. The summed E-state index contributed by atoms with van der Waals surface area (Å²) >= 11 is 0. The van der Waals surface area contributed by atoms with Gasteiger partial charge in [-0.25, -0.2) is 12.7 Å². The number of halogens is 1. The smallest absolute Gasteiger partial charge is 0.215 e. The molecule has 0 radical (unpaired) electrons. The van der Waals surface area contributed by atoms with Crippen LogP contribution in [-0.4, -0.2) is 69.2 Å². The van der Waals surface area contributed by atoms with Crippen molar-refractivity contribution < 1.29 is 13.2 Å². The van der Waals surface area contributed by atoms with Crippen LogP contribution in [0.3, 0.4) is 0 Å². The van der Waals surface area contributed by atoms with E-state index >= 15 is 0 Å². The first-order valence-corrected chi connectivity index (χ1v) is 11.2. The minimum absolute atomic E-state index is 0. The zero-order chi connectivity index (χ0) is 20.3. The molecule has 162 valence electrons. The third-order valence-electron chi connectivity index (χ3n) is 4.06. The molecule has 7 nitrogen and oxygen atoms in total. The zero-order valence-corrected chi connectivity index (χ0v) is 20.8. The first kappa shape index (κ1) is 26.9. The fraction of sp³-hybridized carbons (Fsp3) is 0.632. The van der Waals surface area contributed by atoms with E-state index < -0.39 is 10.0 Å². The number of ether oxygens (including phenoxy) is 1. The largest absolute Gasteiger partial charge is 0.494 e. The van der Waals surface area contributed by atoms with Crippen molar-refractivity contribution in [1.29, 1.82) is 0 Å². The number of nitrogens with one attached hydrogen (secondary N) is 1. The van der Waals surface area contributed by atoms with Gasteiger partial charge in [-0.05, 0) is 31.5 Å². The van der Waals surface area contributed by atoms with Gasteiger partial charge in [0.25, 0.3) is 0 Å². The lowest BCUT2D eigenvalue weighted by Crippen LogP contribution is -2.39. The maximum Gasteiger partial charge on any atom is 0.215 e. The van der Waals surface area contributed by atoms with Gasteiger partial charge in [-0.15, -0.1) is 24.0 Å². The van der Waals surface area contributed by atoms with Gasteiger partial charge in [-0.2, -0.15) is 0 Å². The van der Waals surface area contributed by atoms with Crippen molar-refractivity contribution in [2.75, 3.05) is 45.6 Å². The number of benzene rings is 1. The second kappa shape index (κ2) is 14.0. The van der Waals surface area contributed by atoms with Gasteiger partial charge in [-0.1, -0.05) is 26.0 Å². The minimum Gasteiger partial charge on any atom is -0.494 e. The Kier molecular flexibility index (Phi) is 13.5. The molecule has 0 aliphatic heterocycles. The summed E-state index contributed by atoms with van der Waals surface area (Å²) in [4.78, 5) is 6.48. The Morgan fingerprint density at radius 1 is 1.11 bits per heavy atom. The Morgan fingerprint density at radius 2 is 1.71 bits per heavy atom. The SMILES string of the molecule is CCNC(=NCCS(=O)(=O)N(CC)CC)N(C)Cc1ccc(OCC)cc1.I. The van der Waals surface area contributed by atoms with Crippen LogP contribution in [0.5, 0.6) is 5.75 Å². The van der Waals surface area contributed by atoms with Crippen LogP contribution in [-0.2, 0) is 16.6 Å². The lowest BCUT2D eigenvalue weighted by atomic mass is 10.2. The second-order valence-corrected chi connectivity index (χ2v) is 8.16. The van der Waals surface area contributed by atoms with Gasteiger partial charge in [0.2, 0.25) is 10.0 Å². The van der Waals surface area contributed by atoms with E-state index in [4.69, 9.17) is 4.74 Å². The molecule has 0 saturated heterocycles. The molecule has 0 bridgehead atoms.